The average molecular weight is 518 g/mol. The van der Waals surface area contributed by atoms with Gasteiger partial charge in [0.05, 0.1) is 5.56 Å². The summed E-state index contributed by atoms with van der Waals surface area (Å²) in [5.74, 6) is -0.320. The minimum Gasteiger partial charge on any atom is -0.444 e. The number of carbonyl (C=O) groups is 2. The van der Waals surface area contributed by atoms with Crippen LogP contribution in [0.2, 0.25) is 0 Å². The smallest absolute Gasteiger partial charge is 0.416 e. The van der Waals surface area contributed by atoms with Crippen LogP contribution in [-0.2, 0) is 28.5 Å². The van der Waals surface area contributed by atoms with Gasteiger partial charge >= 0.3 is 12.3 Å². The second kappa shape index (κ2) is 10.6. The Morgan fingerprint density at radius 3 is 2.49 bits per heavy atom. The van der Waals surface area contributed by atoms with Crippen molar-refractivity contribution < 1.29 is 27.5 Å². The van der Waals surface area contributed by atoms with Crippen molar-refractivity contribution in [3.05, 3.63) is 58.7 Å². The topological polar surface area (TPSA) is 70.7 Å². The molecule has 200 valence electrons. The van der Waals surface area contributed by atoms with Gasteiger partial charge in [0.15, 0.2) is 0 Å². The Morgan fingerprint density at radius 2 is 1.81 bits per heavy atom. The van der Waals surface area contributed by atoms with E-state index < -0.39 is 23.4 Å². The lowest BCUT2D eigenvalue weighted by Gasteiger charge is -2.34. The molecule has 2 amide bonds. The number of piperidine rings is 1. The number of benzene rings is 2. The van der Waals surface area contributed by atoms with Crippen molar-refractivity contribution in [1.82, 2.24) is 4.90 Å². The van der Waals surface area contributed by atoms with E-state index in [4.69, 9.17) is 4.74 Å². The number of nitrogens with one attached hydrogen (secondary N) is 2. The number of anilines is 2. The van der Waals surface area contributed by atoms with Gasteiger partial charge in [-0.05, 0) is 99.4 Å². The zero-order valence-corrected chi connectivity index (χ0v) is 21.5. The third kappa shape index (κ3) is 6.96. The quantitative estimate of drug-likeness (QED) is 0.484. The number of carbonyl (C=O) groups excluding carboxylic acids is 2. The highest BCUT2D eigenvalue weighted by molar-refractivity contribution is 5.91. The summed E-state index contributed by atoms with van der Waals surface area (Å²) < 4.78 is 45.9. The Kier molecular flexibility index (Phi) is 7.71. The summed E-state index contributed by atoms with van der Waals surface area (Å²) in [6, 6.07) is 9.53. The van der Waals surface area contributed by atoms with Crippen molar-refractivity contribution in [3.63, 3.8) is 0 Å². The molecule has 1 saturated heterocycles. The van der Waals surface area contributed by atoms with Crippen LogP contribution in [0.1, 0.15) is 68.2 Å². The molecule has 0 spiro atoms. The molecular formula is C28H34F3N3O3. The molecule has 0 radical (unpaired) electrons. The highest BCUT2D eigenvalue weighted by Gasteiger charge is 2.33. The van der Waals surface area contributed by atoms with E-state index in [0.29, 0.717) is 37.9 Å². The van der Waals surface area contributed by atoms with E-state index in [1.807, 2.05) is 18.2 Å². The van der Waals surface area contributed by atoms with E-state index in [2.05, 4.69) is 10.6 Å². The summed E-state index contributed by atoms with van der Waals surface area (Å²) in [5, 5.41) is 6.19. The maximum absolute atomic E-state index is 13.5. The standard InChI is InChI=1S/C28H34F3N3O3/c1-27(2,3)37-26(36)34-14-11-19(12-15-34)23-17-21(28(29,30)31)6-4-18(23)5-9-25(35)33-22-7-8-24-20(16-22)10-13-32-24/h4,6-8,16-17,19,32H,5,9-15H2,1-3H3,(H,33,35). The maximum atomic E-state index is 13.5. The van der Waals surface area contributed by atoms with Crippen molar-refractivity contribution in [1.29, 1.82) is 0 Å². The molecule has 6 nitrogen and oxygen atoms in total. The van der Waals surface area contributed by atoms with Gasteiger partial charge in [0.1, 0.15) is 5.60 Å². The number of likely N-dealkylation sites (tertiary alicyclic amines) is 1. The summed E-state index contributed by atoms with van der Waals surface area (Å²) in [7, 11) is 0. The third-order valence-corrected chi connectivity index (χ3v) is 6.78. The van der Waals surface area contributed by atoms with Gasteiger partial charge in [-0.1, -0.05) is 6.07 Å². The number of fused-ring (bicyclic) bond motifs is 1. The maximum Gasteiger partial charge on any atom is 0.416 e. The fraction of sp³-hybridized carbons (Fsp3) is 0.500. The molecule has 2 aromatic rings. The first-order chi connectivity index (χ1) is 17.4. The molecule has 2 aliphatic rings. The lowest BCUT2D eigenvalue weighted by atomic mass is 9.84. The number of hydrogen-bond acceptors (Lipinski definition) is 4. The summed E-state index contributed by atoms with van der Waals surface area (Å²) >= 11 is 0. The molecule has 2 heterocycles. The molecule has 0 atom stereocenters. The first-order valence-corrected chi connectivity index (χ1v) is 12.7. The summed E-state index contributed by atoms with van der Waals surface area (Å²) in [6.07, 6.45) is -2.41. The molecule has 2 N–H and O–H groups in total. The van der Waals surface area contributed by atoms with E-state index in [-0.39, 0.29) is 18.2 Å². The van der Waals surface area contributed by atoms with Crippen molar-refractivity contribution in [2.75, 3.05) is 30.3 Å². The van der Waals surface area contributed by atoms with Crippen LogP contribution in [0.15, 0.2) is 36.4 Å². The fourth-order valence-corrected chi connectivity index (χ4v) is 4.93. The zero-order chi connectivity index (χ0) is 26.8. The van der Waals surface area contributed by atoms with Crippen molar-refractivity contribution >= 4 is 23.4 Å². The summed E-state index contributed by atoms with van der Waals surface area (Å²) in [6.45, 7) is 7.07. The molecular weight excluding hydrogens is 483 g/mol. The van der Waals surface area contributed by atoms with E-state index in [0.717, 1.165) is 41.5 Å². The van der Waals surface area contributed by atoms with E-state index in [1.165, 1.54) is 12.1 Å². The average Bonchev–Trinajstić information content (AvgIpc) is 3.29. The van der Waals surface area contributed by atoms with Gasteiger partial charge in [0, 0.05) is 37.4 Å². The number of ether oxygens (including phenoxy) is 1. The van der Waals surface area contributed by atoms with Crippen molar-refractivity contribution in [2.24, 2.45) is 0 Å². The molecule has 0 aromatic heterocycles. The lowest BCUT2D eigenvalue weighted by molar-refractivity contribution is -0.137. The SMILES string of the molecule is CC(C)(C)OC(=O)N1CCC(c2cc(C(F)(F)F)ccc2CCC(=O)Nc2ccc3c(c2)CCN3)CC1. The van der Waals surface area contributed by atoms with Crippen LogP contribution in [0, 0.1) is 0 Å². The summed E-state index contributed by atoms with van der Waals surface area (Å²) in [4.78, 5) is 26.7. The van der Waals surface area contributed by atoms with Crippen LogP contribution in [-0.4, -0.2) is 42.1 Å². The Hall–Kier alpha value is -3.23. The molecule has 0 bridgehead atoms. The Morgan fingerprint density at radius 1 is 1.08 bits per heavy atom. The first kappa shape index (κ1) is 26.8. The number of hydrogen-bond donors (Lipinski definition) is 2. The van der Waals surface area contributed by atoms with Crippen LogP contribution in [0.5, 0.6) is 0 Å². The van der Waals surface area contributed by atoms with Crippen LogP contribution in [0.3, 0.4) is 0 Å². The lowest BCUT2D eigenvalue weighted by Crippen LogP contribution is -2.41. The van der Waals surface area contributed by atoms with Gasteiger partial charge in [-0.25, -0.2) is 4.79 Å². The van der Waals surface area contributed by atoms with Gasteiger partial charge in [-0.3, -0.25) is 4.79 Å². The molecule has 0 saturated carbocycles. The highest BCUT2D eigenvalue weighted by atomic mass is 19.4. The van der Waals surface area contributed by atoms with Crippen molar-refractivity contribution in [2.45, 2.75) is 70.6 Å². The van der Waals surface area contributed by atoms with Gasteiger partial charge in [-0.15, -0.1) is 0 Å². The first-order valence-electron chi connectivity index (χ1n) is 12.7. The molecule has 9 heteroatoms. The molecule has 2 aliphatic heterocycles. The number of nitrogens with zero attached hydrogens (tertiary/aromatic N) is 1. The number of amides is 2. The molecule has 1 fully saturated rings. The molecule has 37 heavy (non-hydrogen) atoms. The predicted octanol–water partition coefficient (Wildman–Crippen LogP) is 6.36. The van der Waals surface area contributed by atoms with Crippen LogP contribution < -0.4 is 10.6 Å². The minimum atomic E-state index is -4.45. The van der Waals surface area contributed by atoms with Gasteiger partial charge in [0.2, 0.25) is 5.91 Å². The fourth-order valence-electron chi connectivity index (χ4n) is 4.93. The normalized spacial score (nSPS) is 16.2. The van der Waals surface area contributed by atoms with E-state index >= 15 is 0 Å². The number of rotatable bonds is 5. The van der Waals surface area contributed by atoms with Crippen molar-refractivity contribution in [3.8, 4) is 0 Å². The molecule has 2 aromatic carbocycles. The monoisotopic (exact) mass is 517 g/mol. The van der Waals surface area contributed by atoms with Crippen LogP contribution in [0.4, 0.5) is 29.3 Å². The number of aryl methyl sites for hydroxylation is 1. The minimum absolute atomic E-state index is 0.136. The zero-order valence-electron chi connectivity index (χ0n) is 21.5. The Bertz CT molecular complexity index is 1150. The van der Waals surface area contributed by atoms with Crippen LogP contribution in [0.25, 0.3) is 0 Å². The highest BCUT2D eigenvalue weighted by Crippen LogP contribution is 2.37. The Labute approximate surface area is 215 Å². The molecule has 4 rings (SSSR count). The van der Waals surface area contributed by atoms with Gasteiger partial charge in [-0.2, -0.15) is 13.2 Å². The number of alkyl halides is 3. The van der Waals surface area contributed by atoms with Crippen LogP contribution >= 0.6 is 0 Å². The largest absolute Gasteiger partial charge is 0.444 e. The van der Waals surface area contributed by atoms with Gasteiger partial charge < -0.3 is 20.3 Å². The predicted molar refractivity (Wildman–Crippen MR) is 137 cm³/mol. The second-order valence-corrected chi connectivity index (χ2v) is 10.7. The van der Waals surface area contributed by atoms with Gasteiger partial charge in [0.25, 0.3) is 0 Å². The van der Waals surface area contributed by atoms with E-state index in [9.17, 15) is 22.8 Å². The Balaban J connectivity index is 1.43. The second-order valence-electron chi connectivity index (χ2n) is 10.7. The van der Waals surface area contributed by atoms with E-state index in [1.54, 1.807) is 25.7 Å². The summed E-state index contributed by atoms with van der Waals surface area (Å²) in [5.41, 5.74) is 2.98. The third-order valence-electron chi connectivity index (χ3n) is 6.78. The molecule has 0 unspecified atom stereocenters. The number of halogens is 3. The molecule has 0 aliphatic carbocycles.